The highest BCUT2D eigenvalue weighted by Gasteiger charge is 2.18. The molecule has 112 valence electrons. The van der Waals surface area contributed by atoms with Crippen LogP contribution in [0, 0.1) is 25.5 Å². The first-order valence-corrected chi connectivity index (χ1v) is 7.27. The van der Waals surface area contributed by atoms with Crippen LogP contribution in [0.25, 0.3) is 0 Å². The van der Waals surface area contributed by atoms with Gasteiger partial charge in [0, 0.05) is 11.6 Å². The van der Waals surface area contributed by atoms with Gasteiger partial charge in [0.25, 0.3) is 0 Å². The highest BCUT2D eigenvalue weighted by atomic mass is 19.1. The number of likely N-dealkylation sites (N-methyl/N-ethyl adjacent to an activating group) is 1. The van der Waals surface area contributed by atoms with Crippen LogP contribution in [0.4, 0.5) is 8.78 Å². The highest BCUT2D eigenvalue weighted by Crippen LogP contribution is 2.26. The Kier molecular flexibility index (Phi) is 5.07. The maximum Gasteiger partial charge on any atom is 0.129 e. The van der Waals surface area contributed by atoms with Gasteiger partial charge in [0.05, 0.1) is 0 Å². The van der Waals surface area contributed by atoms with Gasteiger partial charge in [-0.25, -0.2) is 8.78 Å². The third-order valence-corrected chi connectivity index (χ3v) is 3.94. The fourth-order valence-corrected chi connectivity index (χ4v) is 2.62. The van der Waals surface area contributed by atoms with E-state index in [1.165, 1.54) is 29.3 Å². The van der Waals surface area contributed by atoms with E-state index in [2.05, 4.69) is 5.32 Å². The molecule has 0 radical (unpaired) electrons. The molecule has 0 spiro atoms. The Hall–Kier alpha value is -1.74. The topological polar surface area (TPSA) is 12.0 Å². The third kappa shape index (κ3) is 3.48. The van der Waals surface area contributed by atoms with E-state index < -0.39 is 11.6 Å². The van der Waals surface area contributed by atoms with E-state index in [0.29, 0.717) is 6.42 Å². The highest BCUT2D eigenvalue weighted by molar-refractivity contribution is 5.36. The normalized spacial score (nSPS) is 12.4. The zero-order valence-corrected chi connectivity index (χ0v) is 12.7. The lowest BCUT2D eigenvalue weighted by Crippen LogP contribution is -2.24. The predicted octanol–water partition coefficient (Wildman–Crippen LogP) is 4.47. The molecule has 0 saturated heterocycles. The average molecular weight is 289 g/mol. The number of nitrogens with one attached hydrogen (secondary N) is 1. The molecule has 1 N–H and O–H groups in total. The van der Waals surface area contributed by atoms with Crippen molar-refractivity contribution in [1.29, 1.82) is 0 Å². The molecule has 0 aromatic heterocycles. The maximum absolute atomic E-state index is 13.9. The van der Waals surface area contributed by atoms with E-state index in [4.69, 9.17) is 0 Å². The molecule has 0 fully saturated rings. The largest absolute Gasteiger partial charge is 0.310 e. The molecule has 0 aliphatic heterocycles. The second-order valence-corrected chi connectivity index (χ2v) is 5.30. The zero-order chi connectivity index (χ0) is 15.4. The van der Waals surface area contributed by atoms with Crippen molar-refractivity contribution in [3.8, 4) is 0 Å². The van der Waals surface area contributed by atoms with E-state index in [9.17, 15) is 8.78 Å². The molecule has 0 aliphatic carbocycles. The van der Waals surface area contributed by atoms with Gasteiger partial charge in [-0.3, -0.25) is 0 Å². The SMILES string of the molecule is CCNC(Cc1c(F)cccc1F)c1cccc(C)c1C. The first kappa shape index (κ1) is 15.6. The minimum Gasteiger partial charge on any atom is -0.310 e. The second kappa shape index (κ2) is 6.81. The Morgan fingerprint density at radius 2 is 1.62 bits per heavy atom. The summed E-state index contributed by atoms with van der Waals surface area (Å²) in [7, 11) is 0. The van der Waals surface area contributed by atoms with E-state index in [1.54, 1.807) is 0 Å². The van der Waals surface area contributed by atoms with Gasteiger partial charge in [0.1, 0.15) is 11.6 Å². The van der Waals surface area contributed by atoms with Gasteiger partial charge in [-0.05, 0) is 55.6 Å². The molecule has 1 unspecified atom stereocenters. The summed E-state index contributed by atoms with van der Waals surface area (Å²) in [4.78, 5) is 0. The second-order valence-electron chi connectivity index (χ2n) is 5.30. The lowest BCUT2D eigenvalue weighted by molar-refractivity contribution is 0.498. The number of aryl methyl sites for hydroxylation is 1. The molecule has 3 heteroatoms. The first-order valence-electron chi connectivity index (χ1n) is 7.27. The average Bonchev–Trinajstić information content (AvgIpc) is 2.45. The summed E-state index contributed by atoms with van der Waals surface area (Å²) >= 11 is 0. The number of benzene rings is 2. The van der Waals surface area contributed by atoms with Crippen LogP contribution in [0.15, 0.2) is 36.4 Å². The molecular weight excluding hydrogens is 268 g/mol. The first-order chi connectivity index (χ1) is 10.0. The van der Waals surface area contributed by atoms with Crippen molar-refractivity contribution in [3.63, 3.8) is 0 Å². The molecular formula is C18H21F2N. The fourth-order valence-electron chi connectivity index (χ4n) is 2.62. The van der Waals surface area contributed by atoms with Crippen molar-refractivity contribution in [2.45, 2.75) is 33.2 Å². The molecule has 2 aromatic carbocycles. The summed E-state index contributed by atoms with van der Waals surface area (Å²) in [5.74, 6) is -0.966. The lowest BCUT2D eigenvalue weighted by Gasteiger charge is -2.22. The number of hydrogen-bond acceptors (Lipinski definition) is 1. The molecule has 1 atom stereocenters. The Morgan fingerprint density at radius 1 is 1.00 bits per heavy atom. The van der Waals surface area contributed by atoms with Crippen molar-refractivity contribution in [1.82, 2.24) is 5.32 Å². The van der Waals surface area contributed by atoms with E-state index in [-0.39, 0.29) is 11.6 Å². The monoisotopic (exact) mass is 289 g/mol. The van der Waals surface area contributed by atoms with Crippen molar-refractivity contribution in [2.24, 2.45) is 0 Å². The molecule has 1 nitrogen and oxygen atoms in total. The van der Waals surface area contributed by atoms with Gasteiger partial charge in [-0.2, -0.15) is 0 Å². The molecule has 2 rings (SSSR count). The Morgan fingerprint density at radius 3 is 2.24 bits per heavy atom. The zero-order valence-electron chi connectivity index (χ0n) is 12.7. The van der Waals surface area contributed by atoms with Crippen molar-refractivity contribution >= 4 is 0 Å². The van der Waals surface area contributed by atoms with Gasteiger partial charge in [0.15, 0.2) is 0 Å². The Labute approximate surface area is 125 Å². The van der Waals surface area contributed by atoms with E-state index in [1.807, 2.05) is 39.0 Å². The molecule has 0 aliphatic rings. The molecule has 21 heavy (non-hydrogen) atoms. The quantitative estimate of drug-likeness (QED) is 0.856. The standard InChI is InChI=1S/C18H21F2N/c1-4-21-18(14-8-5-7-12(2)13(14)3)11-15-16(19)9-6-10-17(15)20/h5-10,18,21H,4,11H2,1-3H3. The minimum absolute atomic E-state index is 0.0960. The molecule has 0 heterocycles. The van der Waals surface area contributed by atoms with Crippen LogP contribution in [0.1, 0.15) is 35.2 Å². The van der Waals surface area contributed by atoms with E-state index >= 15 is 0 Å². The number of halogens is 2. The van der Waals surface area contributed by atoms with Gasteiger partial charge >= 0.3 is 0 Å². The lowest BCUT2D eigenvalue weighted by atomic mass is 9.92. The molecule has 0 saturated carbocycles. The van der Waals surface area contributed by atoms with Gasteiger partial charge < -0.3 is 5.32 Å². The van der Waals surface area contributed by atoms with Gasteiger partial charge in [-0.1, -0.05) is 31.2 Å². The van der Waals surface area contributed by atoms with Gasteiger partial charge in [0.2, 0.25) is 0 Å². The summed E-state index contributed by atoms with van der Waals surface area (Å²) in [6, 6.07) is 9.98. The molecule has 0 amide bonds. The van der Waals surface area contributed by atoms with E-state index in [0.717, 1.165) is 12.1 Å². The summed E-state index contributed by atoms with van der Waals surface area (Å²) in [5.41, 5.74) is 3.59. The summed E-state index contributed by atoms with van der Waals surface area (Å²) < 4.78 is 27.8. The smallest absolute Gasteiger partial charge is 0.129 e. The van der Waals surface area contributed by atoms with Crippen LogP contribution >= 0.6 is 0 Å². The van der Waals surface area contributed by atoms with Crippen molar-refractivity contribution in [3.05, 3.63) is 70.3 Å². The van der Waals surface area contributed by atoms with Crippen LogP contribution in [0.2, 0.25) is 0 Å². The summed E-state index contributed by atoms with van der Waals surface area (Å²) in [6.45, 7) is 6.84. The predicted molar refractivity (Wildman–Crippen MR) is 82.4 cm³/mol. The fraction of sp³-hybridized carbons (Fsp3) is 0.333. The Bertz CT molecular complexity index is 602. The summed E-state index contributed by atoms with van der Waals surface area (Å²) in [6.07, 6.45) is 0.302. The van der Waals surface area contributed by atoms with Gasteiger partial charge in [-0.15, -0.1) is 0 Å². The van der Waals surface area contributed by atoms with Crippen molar-refractivity contribution < 1.29 is 8.78 Å². The molecule has 0 bridgehead atoms. The van der Waals surface area contributed by atoms with Crippen LogP contribution in [-0.2, 0) is 6.42 Å². The Balaban J connectivity index is 2.38. The van der Waals surface area contributed by atoms with Crippen LogP contribution in [0.5, 0.6) is 0 Å². The third-order valence-electron chi connectivity index (χ3n) is 3.94. The molecule has 2 aromatic rings. The maximum atomic E-state index is 13.9. The number of rotatable bonds is 5. The van der Waals surface area contributed by atoms with Crippen LogP contribution in [0.3, 0.4) is 0 Å². The minimum atomic E-state index is -0.483. The van der Waals surface area contributed by atoms with Crippen molar-refractivity contribution in [2.75, 3.05) is 6.54 Å². The van der Waals surface area contributed by atoms with Crippen LogP contribution < -0.4 is 5.32 Å². The summed E-state index contributed by atoms with van der Waals surface area (Å²) in [5, 5.41) is 3.34. The number of hydrogen-bond donors (Lipinski definition) is 1. The van der Waals surface area contributed by atoms with Crippen LogP contribution in [-0.4, -0.2) is 6.54 Å².